The molecule has 30 heavy (non-hydrogen) atoms. The van der Waals surface area contributed by atoms with E-state index in [2.05, 4.69) is 0 Å². The molecule has 2 saturated heterocycles. The summed E-state index contributed by atoms with van der Waals surface area (Å²) in [5.74, 6) is 0.00513. The number of methoxy groups -OCH3 is 3. The van der Waals surface area contributed by atoms with Gasteiger partial charge in [-0.15, -0.1) is 0 Å². The van der Waals surface area contributed by atoms with E-state index in [1.807, 2.05) is 0 Å². The van der Waals surface area contributed by atoms with Crippen LogP contribution in [0.3, 0.4) is 0 Å². The first-order valence-electron chi connectivity index (χ1n) is 9.94. The summed E-state index contributed by atoms with van der Waals surface area (Å²) in [6, 6.07) is 3.95. The molecule has 2 aliphatic rings. The van der Waals surface area contributed by atoms with E-state index in [0.29, 0.717) is 37.3 Å². The smallest absolute Gasteiger partial charge is 0.328 e. The van der Waals surface area contributed by atoms with Crippen LogP contribution in [0.25, 0.3) is 0 Å². The van der Waals surface area contributed by atoms with Crippen LogP contribution in [0, 0.1) is 5.92 Å². The quantitative estimate of drug-likeness (QED) is 0.614. The van der Waals surface area contributed by atoms with Crippen molar-refractivity contribution in [3.63, 3.8) is 0 Å². The van der Waals surface area contributed by atoms with Crippen molar-refractivity contribution in [2.45, 2.75) is 36.6 Å². The number of carbonyl (C=O) groups excluding carboxylic acids is 2. The molecule has 0 aliphatic carbocycles. The normalized spacial score (nSPS) is 20.8. The van der Waals surface area contributed by atoms with E-state index in [0.717, 1.165) is 6.42 Å². The standard InChI is InChI=1S/C20H28N2O7S/c1-27-17-7-6-15(13-18(17)28-2)30(25,26)21-11-8-14(9-12-21)19(23)22-10-4-5-16(22)20(24)29-3/h6-7,13-14,16H,4-5,8-12H2,1-3H3/t16-/m1/s1. The number of ether oxygens (including phenoxy) is 3. The van der Waals surface area contributed by atoms with E-state index in [4.69, 9.17) is 14.2 Å². The third kappa shape index (κ3) is 4.24. The lowest BCUT2D eigenvalue weighted by molar-refractivity contribution is -0.152. The van der Waals surface area contributed by atoms with Gasteiger partial charge in [0.2, 0.25) is 15.9 Å². The molecule has 2 fully saturated rings. The average Bonchev–Trinajstić information content (AvgIpc) is 3.27. The van der Waals surface area contributed by atoms with Crippen molar-refractivity contribution in [1.29, 1.82) is 0 Å². The first-order chi connectivity index (χ1) is 14.3. The first-order valence-corrected chi connectivity index (χ1v) is 11.4. The van der Waals surface area contributed by atoms with Crippen LogP contribution in [0.1, 0.15) is 25.7 Å². The summed E-state index contributed by atoms with van der Waals surface area (Å²) in [4.78, 5) is 26.6. The molecule has 0 saturated carbocycles. The number of amides is 1. The van der Waals surface area contributed by atoms with Gasteiger partial charge in [-0.25, -0.2) is 13.2 Å². The molecule has 0 radical (unpaired) electrons. The second kappa shape index (κ2) is 9.22. The number of rotatable bonds is 6. The predicted octanol–water partition coefficient (Wildman–Crippen LogP) is 1.27. The van der Waals surface area contributed by atoms with Crippen LogP contribution in [0.15, 0.2) is 23.1 Å². The highest BCUT2D eigenvalue weighted by molar-refractivity contribution is 7.89. The molecule has 0 N–H and O–H groups in total. The van der Waals surface area contributed by atoms with Gasteiger partial charge in [-0.3, -0.25) is 4.79 Å². The van der Waals surface area contributed by atoms with Gasteiger partial charge in [0.1, 0.15) is 6.04 Å². The van der Waals surface area contributed by atoms with Crippen LogP contribution in [0.4, 0.5) is 0 Å². The lowest BCUT2D eigenvalue weighted by Gasteiger charge is -2.33. The van der Waals surface area contributed by atoms with Crippen LogP contribution in [0.2, 0.25) is 0 Å². The fourth-order valence-electron chi connectivity index (χ4n) is 4.12. The van der Waals surface area contributed by atoms with Gasteiger partial charge in [0.25, 0.3) is 0 Å². The molecular formula is C20H28N2O7S. The van der Waals surface area contributed by atoms with E-state index >= 15 is 0 Å². The van der Waals surface area contributed by atoms with Crippen LogP contribution < -0.4 is 9.47 Å². The second-order valence-electron chi connectivity index (χ2n) is 7.41. The molecule has 0 bridgehead atoms. The Balaban J connectivity index is 1.67. The summed E-state index contributed by atoms with van der Waals surface area (Å²) >= 11 is 0. The molecule has 1 amide bonds. The van der Waals surface area contributed by atoms with Gasteiger partial charge in [-0.05, 0) is 37.8 Å². The maximum atomic E-state index is 13.0. The Morgan fingerprint density at radius 1 is 0.967 bits per heavy atom. The van der Waals surface area contributed by atoms with E-state index in [1.54, 1.807) is 11.0 Å². The monoisotopic (exact) mass is 440 g/mol. The zero-order valence-electron chi connectivity index (χ0n) is 17.5. The van der Waals surface area contributed by atoms with Crippen molar-refractivity contribution in [3.05, 3.63) is 18.2 Å². The topological polar surface area (TPSA) is 102 Å². The minimum absolute atomic E-state index is 0.0916. The van der Waals surface area contributed by atoms with Gasteiger partial charge >= 0.3 is 5.97 Å². The number of carbonyl (C=O) groups is 2. The van der Waals surface area contributed by atoms with Gasteiger partial charge < -0.3 is 19.1 Å². The third-order valence-corrected chi connectivity index (χ3v) is 7.70. The number of nitrogens with zero attached hydrogens (tertiary/aromatic N) is 2. The van der Waals surface area contributed by atoms with Crippen LogP contribution in [-0.4, -0.2) is 76.5 Å². The third-order valence-electron chi connectivity index (χ3n) is 5.81. The Morgan fingerprint density at radius 2 is 1.63 bits per heavy atom. The Labute approximate surface area is 176 Å². The van der Waals surface area contributed by atoms with Crippen LogP contribution in [0.5, 0.6) is 11.5 Å². The maximum absolute atomic E-state index is 13.0. The lowest BCUT2D eigenvalue weighted by atomic mass is 9.96. The Bertz CT molecular complexity index is 894. The number of esters is 1. The zero-order valence-corrected chi connectivity index (χ0v) is 18.3. The van der Waals surface area contributed by atoms with Crippen molar-refractivity contribution in [2.75, 3.05) is 41.0 Å². The highest BCUT2D eigenvalue weighted by Gasteiger charge is 2.40. The molecule has 166 valence electrons. The van der Waals surface area contributed by atoms with Crippen molar-refractivity contribution in [1.82, 2.24) is 9.21 Å². The fraction of sp³-hybridized carbons (Fsp3) is 0.600. The molecule has 0 aromatic heterocycles. The van der Waals surface area contributed by atoms with Crippen LogP contribution >= 0.6 is 0 Å². The summed E-state index contributed by atoms with van der Waals surface area (Å²) in [5, 5.41) is 0. The predicted molar refractivity (Wildman–Crippen MR) is 108 cm³/mol. The van der Waals surface area contributed by atoms with Gasteiger partial charge in [0, 0.05) is 31.6 Å². The van der Waals surface area contributed by atoms with Crippen molar-refractivity contribution < 1.29 is 32.2 Å². The van der Waals surface area contributed by atoms with Crippen molar-refractivity contribution in [2.24, 2.45) is 5.92 Å². The van der Waals surface area contributed by atoms with Gasteiger partial charge in [-0.1, -0.05) is 0 Å². The summed E-state index contributed by atoms with van der Waals surface area (Å²) in [5.41, 5.74) is 0. The van der Waals surface area contributed by atoms with Gasteiger partial charge in [0.05, 0.1) is 26.2 Å². The van der Waals surface area contributed by atoms with Gasteiger partial charge in [-0.2, -0.15) is 4.31 Å². The number of hydrogen-bond acceptors (Lipinski definition) is 7. The van der Waals surface area contributed by atoms with E-state index in [1.165, 1.54) is 37.8 Å². The largest absolute Gasteiger partial charge is 0.493 e. The Morgan fingerprint density at radius 3 is 2.23 bits per heavy atom. The minimum atomic E-state index is -3.72. The molecule has 3 rings (SSSR count). The number of likely N-dealkylation sites (tertiary alicyclic amines) is 1. The zero-order chi connectivity index (χ0) is 21.9. The van der Waals surface area contributed by atoms with Gasteiger partial charge in [0.15, 0.2) is 11.5 Å². The fourth-order valence-corrected chi connectivity index (χ4v) is 5.60. The molecular weight excluding hydrogens is 412 g/mol. The molecule has 1 aromatic carbocycles. The Hall–Kier alpha value is -2.33. The summed E-state index contributed by atoms with van der Waals surface area (Å²) in [6.07, 6.45) is 2.19. The highest BCUT2D eigenvalue weighted by atomic mass is 32.2. The van der Waals surface area contributed by atoms with E-state index in [-0.39, 0.29) is 29.8 Å². The highest BCUT2D eigenvalue weighted by Crippen LogP contribution is 2.32. The number of piperidine rings is 1. The maximum Gasteiger partial charge on any atom is 0.328 e. The minimum Gasteiger partial charge on any atom is -0.493 e. The molecule has 0 unspecified atom stereocenters. The molecule has 1 aromatic rings. The van der Waals surface area contributed by atoms with Crippen molar-refractivity contribution in [3.8, 4) is 11.5 Å². The molecule has 10 heteroatoms. The summed E-state index contributed by atoms with van der Waals surface area (Å²) in [7, 11) is 0.538. The number of benzene rings is 1. The molecule has 2 aliphatic heterocycles. The molecule has 1 atom stereocenters. The van der Waals surface area contributed by atoms with E-state index < -0.39 is 22.0 Å². The summed E-state index contributed by atoms with van der Waals surface area (Å²) < 4.78 is 42.7. The average molecular weight is 441 g/mol. The molecule has 2 heterocycles. The number of hydrogen-bond donors (Lipinski definition) is 0. The lowest BCUT2D eigenvalue weighted by Crippen LogP contribution is -2.47. The molecule has 0 spiro atoms. The number of sulfonamides is 1. The SMILES string of the molecule is COC(=O)[C@H]1CCCN1C(=O)C1CCN(S(=O)(=O)c2ccc(OC)c(OC)c2)CC1. The van der Waals surface area contributed by atoms with E-state index in [9.17, 15) is 18.0 Å². The summed E-state index contributed by atoms with van der Waals surface area (Å²) in [6.45, 7) is 1.01. The first kappa shape index (κ1) is 22.4. The van der Waals surface area contributed by atoms with Crippen LogP contribution in [-0.2, 0) is 24.3 Å². The van der Waals surface area contributed by atoms with Crippen molar-refractivity contribution >= 4 is 21.9 Å². The second-order valence-corrected chi connectivity index (χ2v) is 9.35. The molecule has 9 nitrogen and oxygen atoms in total. The Kier molecular flexibility index (Phi) is 6.87.